The lowest BCUT2D eigenvalue weighted by atomic mass is 10.3. The fourth-order valence-electron chi connectivity index (χ4n) is 0.768. The number of amides is 2. The van der Waals surface area contributed by atoms with Crippen LogP contribution in [0.4, 0.5) is 4.39 Å². The summed E-state index contributed by atoms with van der Waals surface area (Å²) in [7, 11) is 0. The Hall–Kier alpha value is -1.98. The summed E-state index contributed by atoms with van der Waals surface area (Å²) in [6.07, 6.45) is 2.31. The highest BCUT2D eigenvalue weighted by Crippen LogP contribution is 1.95. The molecule has 5 nitrogen and oxygen atoms in total. The molecule has 88 valence electrons. The average molecular weight is 227 g/mol. The highest BCUT2D eigenvalue weighted by atomic mass is 19.1. The Kier molecular flexibility index (Phi) is 6.42. The molecule has 0 radical (unpaired) electrons. The van der Waals surface area contributed by atoms with E-state index in [1.165, 1.54) is 6.07 Å². The van der Waals surface area contributed by atoms with Crippen LogP contribution in [0.1, 0.15) is 30.3 Å². The van der Waals surface area contributed by atoms with Gasteiger partial charge in [0.2, 0.25) is 5.91 Å². The van der Waals surface area contributed by atoms with Gasteiger partial charge >= 0.3 is 0 Å². The molecule has 1 rings (SSSR count). The van der Waals surface area contributed by atoms with Gasteiger partial charge in [0.1, 0.15) is 11.5 Å². The number of carbonyl (C=O) groups excluding carboxylic acids is 2. The first kappa shape index (κ1) is 14.0. The van der Waals surface area contributed by atoms with Crippen molar-refractivity contribution in [1.82, 2.24) is 4.98 Å². The molecule has 16 heavy (non-hydrogen) atoms. The number of primary amides is 2. The van der Waals surface area contributed by atoms with E-state index in [1.54, 1.807) is 0 Å². The first-order valence-electron chi connectivity index (χ1n) is 4.67. The van der Waals surface area contributed by atoms with E-state index < -0.39 is 11.7 Å². The molecule has 0 fully saturated rings. The minimum absolute atomic E-state index is 0.0707. The molecule has 6 heteroatoms. The molecule has 1 aromatic heterocycles. The van der Waals surface area contributed by atoms with Crippen molar-refractivity contribution in [3.8, 4) is 0 Å². The average Bonchev–Trinajstić information content (AvgIpc) is 2.19. The lowest BCUT2D eigenvalue weighted by molar-refractivity contribution is -0.118. The summed E-state index contributed by atoms with van der Waals surface area (Å²) in [6, 6.07) is 2.37. The molecule has 0 spiro atoms. The van der Waals surface area contributed by atoms with Crippen LogP contribution in [0.5, 0.6) is 0 Å². The fourth-order valence-corrected chi connectivity index (χ4v) is 0.768. The third kappa shape index (κ3) is 6.47. The van der Waals surface area contributed by atoms with Gasteiger partial charge in [0, 0.05) is 6.42 Å². The van der Waals surface area contributed by atoms with Crippen molar-refractivity contribution in [2.45, 2.75) is 19.8 Å². The van der Waals surface area contributed by atoms with Crippen LogP contribution in [0.2, 0.25) is 0 Å². The third-order valence-electron chi connectivity index (χ3n) is 1.48. The Morgan fingerprint density at radius 1 is 1.38 bits per heavy atom. The smallest absolute Gasteiger partial charge is 0.267 e. The van der Waals surface area contributed by atoms with Crippen LogP contribution in [0.25, 0.3) is 0 Å². The van der Waals surface area contributed by atoms with Crippen LogP contribution in [0.15, 0.2) is 18.3 Å². The Bertz CT molecular complexity index is 352. The minimum Gasteiger partial charge on any atom is -0.370 e. The summed E-state index contributed by atoms with van der Waals surface area (Å²) in [5, 5.41) is 0. The first-order valence-corrected chi connectivity index (χ1v) is 4.67. The maximum atomic E-state index is 12.1. The van der Waals surface area contributed by atoms with Gasteiger partial charge in [-0.3, -0.25) is 9.59 Å². The monoisotopic (exact) mass is 227 g/mol. The first-order chi connectivity index (χ1) is 7.47. The molecule has 0 aromatic carbocycles. The van der Waals surface area contributed by atoms with Crippen molar-refractivity contribution in [1.29, 1.82) is 0 Å². The van der Waals surface area contributed by atoms with Gasteiger partial charge < -0.3 is 11.5 Å². The van der Waals surface area contributed by atoms with Crippen molar-refractivity contribution in [2.24, 2.45) is 11.5 Å². The zero-order chi connectivity index (χ0) is 12.6. The molecular formula is C10H14FN3O2. The van der Waals surface area contributed by atoms with E-state index in [0.29, 0.717) is 6.42 Å². The Morgan fingerprint density at radius 2 is 2.00 bits per heavy atom. The highest BCUT2D eigenvalue weighted by Gasteiger charge is 1.99. The van der Waals surface area contributed by atoms with E-state index in [0.717, 1.165) is 18.7 Å². The second kappa shape index (κ2) is 7.33. The number of hydrogen-bond acceptors (Lipinski definition) is 3. The molecule has 1 aromatic rings. The Balaban J connectivity index is 0.000000325. The van der Waals surface area contributed by atoms with E-state index >= 15 is 0 Å². The Morgan fingerprint density at radius 3 is 2.25 bits per heavy atom. The van der Waals surface area contributed by atoms with Crippen molar-refractivity contribution < 1.29 is 14.0 Å². The van der Waals surface area contributed by atoms with Gasteiger partial charge in [-0.1, -0.05) is 6.92 Å². The van der Waals surface area contributed by atoms with Crippen LogP contribution in [-0.2, 0) is 4.79 Å². The van der Waals surface area contributed by atoms with Crippen molar-refractivity contribution in [3.05, 3.63) is 29.8 Å². The fraction of sp³-hybridized carbons (Fsp3) is 0.300. The third-order valence-corrected chi connectivity index (χ3v) is 1.48. The SMILES string of the molecule is CCCC(N)=O.NC(=O)c1ccc(F)cn1. The molecule has 0 bridgehead atoms. The second-order valence-corrected chi connectivity index (χ2v) is 2.94. The second-order valence-electron chi connectivity index (χ2n) is 2.94. The largest absolute Gasteiger partial charge is 0.370 e. The number of pyridine rings is 1. The summed E-state index contributed by atoms with van der Waals surface area (Å²) in [6.45, 7) is 1.92. The maximum Gasteiger partial charge on any atom is 0.267 e. The summed E-state index contributed by atoms with van der Waals surface area (Å²) in [5.74, 6) is -1.34. The topological polar surface area (TPSA) is 99.1 Å². The van der Waals surface area contributed by atoms with E-state index in [2.05, 4.69) is 4.98 Å². The summed E-state index contributed by atoms with van der Waals surface area (Å²) in [5.41, 5.74) is 9.67. The molecule has 0 atom stereocenters. The molecule has 1 heterocycles. The van der Waals surface area contributed by atoms with E-state index in [9.17, 15) is 14.0 Å². The molecule has 4 N–H and O–H groups in total. The molecule has 0 saturated carbocycles. The van der Waals surface area contributed by atoms with Crippen molar-refractivity contribution in [3.63, 3.8) is 0 Å². The molecule has 0 saturated heterocycles. The van der Waals surface area contributed by atoms with Crippen LogP contribution in [-0.4, -0.2) is 16.8 Å². The lowest BCUT2D eigenvalue weighted by Gasteiger charge is -1.90. The normalized spacial score (nSPS) is 8.88. The van der Waals surface area contributed by atoms with Crippen LogP contribution in [0.3, 0.4) is 0 Å². The van der Waals surface area contributed by atoms with Gasteiger partial charge in [-0.15, -0.1) is 0 Å². The van der Waals surface area contributed by atoms with E-state index in [-0.39, 0.29) is 11.6 Å². The van der Waals surface area contributed by atoms with Crippen LogP contribution >= 0.6 is 0 Å². The number of carbonyl (C=O) groups is 2. The van der Waals surface area contributed by atoms with Gasteiger partial charge in [-0.2, -0.15) is 0 Å². The predicted molar refractivity (Wildman–Crippen MR) is 56.8 cm³/mol. The number of nitrogens with zero attached hydrogens (tertiary/aromatic N) is 1. The standard InChI is InChI=1S/C6H5FN2O.C4H9NO/c7-4-1-2-5(6(8)10)9-3-4;1-2-3-4(5)6/h1-3H,(H2,8,10);2-3H2,1H3,(H2,5,6). The molecule has 2 amide bonds. The van der Waals surface area contributed by atoms with Gasteiger partial charge in [0.25, 0.3) is 5.91 Å². The Labute approximate surface area is 92.6 Å². The van der Waals surface area contributed by atoms with Gasteiger partial charge in [0.05, 0.1) is 6.20 Å². The van der Waals surface area contributed by atoms with Gasteiger partial charge in [0.15, 0.2) is 0 Å². The number of hydrogen-bond donors (Lipinski definition) is 2. The van der Waals surface area contributed by atoms with E-state index in [4.69, 9.17) is 11.5 Å². The maximum absolute atomic E-state index is 12.1. The van der Waals surface area contributed by atoms with E-state index in [1.807, 2.05) is 6.92 Å². The molecule has 0 aliphatic carbocycles. The minimum atomic E-state index is -0.653. The molecule has 0 aliphatic rings. The summed E-state index contributed by atoms with van der Waals surface area (Å²) in [4.78, 5) is 23.6. The molecular weight excluding hydrogens is 213 g/mol. The van der Waals surface area contributed by atoms with Crippen molar-refractivity contribution >= 4 is 11.8 Å². The van der Waals surface area contributed by atoms with Crippen molar-refractivity contribution in [2.75, 3.05) is 0 Å². The highest BCUT2D eigenvalue weighted by molar-refractivity contribution is 5.90. The van der Waals surface area contributed by atoms with Gasteiger partial charge in [-0.05, 0) is 18.6 Å². The number of nitrogens with two attached hydrogens (primary N) is 2. The zero-order valence-corrected chi connectivity index (χ0v) is 8.94. The number of rotatable bonds is 3. The van der Waals surface area contributed by atoms with Crippen LogP contribution < -0.4 is 11.5 Å². The summed E-state index contributed by atoms with van der Waals surface area (Å²) >= 11 is 0. The summed E-state index contributed by atoms with van der Waals surface area (Å²) < 4.78 is 12.1. The number of halogens is 1. The lowest BCUT2D eigenvalue weighted by Crippen LogP contribution is -2.12. The zero-order valence-electron chi connectivity index (χ0n) is 8.94. The molecule has 0 unspecified atom stereocenters. The van der Waals surface area contributed by atoms with Crippen LogP contribution in [0, 0.1) is 5.82 Å². The molecule has 0 aliphatic heterocycles. The van der Waals surface area contributed by atoms with Gasteiger partial charge in [-0.25, -0.2) is 9.37 Å². The quantitative estimate of drug-likeness (QED) is 0.790. The number of aromatic nitrogens is 1. The predicted octanol–water partition coefficient (Wildman–Crippen LogP) is 0.591.